The summed E-state index contributed by atoms with van der Waals surface area (Å²) in [5, 5.41) is 17.3. The van der Waals surface area contributed by atoms with E-state index in [4.69, 9.17) is 28.2 Å². The third kappa shape index (κ3) is 67.1. The summed E-state index contributed by atoms with van der Waals surface area (Å²) in [6.07, 6.45) is 1.25. The molecule has 0 aromatic rings. The molecule has 166 valence electrons. The van der Waals surface area contributed by atoms with E-state index in [0.717, 1.165) is 26.3 Å². The van der Waals surface area contributed by atoms with Crippen molar-refractivity contribution in [2.24, 2.45) is 11.5 Å². The predicted molar refractivity (Wildman–Crippen MR) is 121 cm³/mol. The second-order valence-corrected chi connectivity index (χ2v) is 6.81. The highest BCUT2D eigenvalue weighted by atomic mass is 32.1. The van der Waals surface area contributed by atoms with Crippen molar-refractivity contribution in [2.75, 3.05) is 46.1 Å². The molecule has 0 aliphatic carbocycles. The summed E-state index contributed by atoms with van der Waals surface area (Å²) in [6, 6.07) is 0. The summed E-state index contributed by atoms with van der Waals surface area (Å²) in [4.78, 5) is 0. The van der Waals surface area contributed by atoms with Gasteiger partial charge in [0, 0.05) is 32.9 Å². The maximum Gasteiger partial charge on any atom is 0.484 e. The number of nitrogens with two attached hydrogens (primary N) is 2. The van der Waals surface area contributed by atoms with Crippen molar-refractivity contribution in [3.8, 4) is 0 Å². The third-order valence-corrected chi connectivity index (χ3v) is 3.57. The van der Waals surface area contributed by atoms with E-state index in [1.807, 2.05) is 20.8 Å². The lowest BCUT2D eigenvalue weighted by atomic mass is 10.5. The van der Waals surface area contributed by atoms with Gasteiger partial charge in [-0.2, -0.15) is 0 Å². The molecule has 0 radical (unpaired) electrons. The molecule has 9 nitrogen and oxygen atoms in total. The summed E-state index contributed by atoms with van der Waals surface area (Å²) >= 11 is 7.74. The van der Waals surface area contributed by atoms with E-state index in [2.05, 4.69) is 55.1 Å². The molecule has 0 amide bonds. The van der Waals surface area contributed by atoms with Gasteiger partial charge in [0.2, 0.25) is 0 Å². The van der Waals surface area contributed by atoms with Gasteiger partial charge in [-0.25, -0.2) is 0 Å². The van der Waals surface area contributed by atoms with E-state index >= 15 is 0 Å². The predicted octanol–water partition coefficient (Wildman–Crippen LogP) is 1.41. The van der Waals surface area contributed by atoms with Gasteiger partial charge in [0.25, 0.3) is 10.3 Å². The molecule has 0 spiro atoms. The van der Waals surface area contributed by atoms with Gasteiger partial charge >= 0.3 is 9.53 Å². The van der Waals surface area contributed by atoms with Gasteiger partial charge in [-0.15, -0.1) is 0 Å². The van der Waals surface area contributed by atoms with E-state index in [-0.39, 0.29) is 0 Å². The Morgan fingerprint density at radius 3 is 1.26 bits per heavy atom. The molecular weight excluding hydrogens is 410 g/mol. The summed E-state index contributed by atoms with van der Waals surface area (Å²) < 4.78 is 20.7. The van der Waals surface area contributed by atoms with Crippen LogP contribution in [0.4, 0.5) is 0 Å². The van der Waals surface area contributed by atoms with Crippen LogP contribution in [0, 0.1) is 0 Å². The van der Waals surface area contributed by atoms with Gasteiger partial charge in [-0.3, -0.25) is 0 Å². The minimum Gasteiger partial charge on any atom is -0.487 e. The summed E-state index contributed by atoms with van der Waals surface area (Å²) in [5.41, 5.74) is 8.80. The topological polar surface area (TPSA) is 141 Å². The highest BCUT2D eigenvalue weighted by Crippen LogP contribution is 1.91. The van der Waals surface area contributed by atoms with Crippen molar-refractivity contribution < 1.29 is 28.2 Å². The van der Waals surface area contributed by atoms with Crippen LogP contribution >= 0.6 is 24.4 Å². The van der Waals surface area contributed by atoms with Crippen LogP contribution in [0.25, 0.3) is 0 Å². The number of aliphatic hydroxyl groups excluding tert-OH is 2. The maximum absolute atomic E-state index is 7.56. The van der Waals surface area contributed by atoms with Gasteiger partial charge in [-0.05, 0) is 45.2 Å². The van der Waals surface area contributed by atoms with E-state index in [9.17, 15) is 0 Å². The summed E-state index contributed by atoms with van der Waals surface area (Å²) in [6.45, 7) is 15.9. The van der Waals surface area contributed by atoms with Crippen molar-refractivity contribution in [3.05, 3.63) is 0 Å². The Bertz CT molecular complexity index is 259. The van der Waals surface area contributed by atoms with E-state index in [1.54, 1.807) is 0 Å². The molecule has 1 rings (SSSR count). The van der Waals surface area contributed by atoms with E-state index in [0.29, 0.717) is 19.8 Å². The number of thiocarbonyl (C=S) groups is 2. The number of nitrogens with one attached hydrogen (secondary N) is 1. The highest BCUT2D eigenvalue weighted by Gasteiger charge is 2.11. The molecule has 0 bridgehead atoms. The zero-order valence-corrected chi connectivity index (χ0v) is 20.0. The standard InChI is InChI=1S/C6H16O3Si.C4H9NO.C3H8.2CH3NOS/c1-4-7-10(8-5-2)9-6-3;1-3-6-4-2-5-1;1-3-2;2*2-1(3)4/h10H,4-6H2,1-3H3;5H,1-4H2;3H2,1-2H3;2*(H3,2,3,4). The van der Waals surface area contributed by atoms with Crippen LogP contribution in [-0.4, -0.2) is 76.2 Å². The zero-order valence-electron chi connectivity index (χ0n) is 17.2. The van der Waals surface area contributed by atoms with Crippen LogP contribution < -0.4 is 16.8 Å². The molecule has 1 aliphatic rings. The Balaban J connectivity index is -0.000000133. The first-order valence-electron chi connectivity index (χ1n) is 8.83. The molecule has 7 N–H and O–H groups in total. The molecule has 12 heteroatoms. The van der Waals surface area contributed by atoms with Crippen molar-refractivity contribution in [1.82, 2.24) is 5.32 Å². The lowest BCUT2D eigenvalue weighted by Crippen LogP contribution is -2.30. The van der Waals surface area contributed by atoms with Crippen molar-refractivity contribution in [3.63, 3.8) is 0 Å². The molecule has 0 atom stereocenters. The zero-order chi connectivity index (χ0) is 21.9. The minimum atomic E-state index is -1.73. The Labute approximate surface area is 176 Å². The number of rotatable bonds is 6. The molecule has 0 unspecified atom stereocenters. The van der Waals surface area contributed by atoms with Gasteiger partial charge in [0.1, 0.15) is 0 Å². The summed E-state index contributed by atoms with van der Waals surface area (Å²) in [5.74, 6) is 0. The lowest BCUT2D eigenvalue weighted by Gasteiger charge is -2.12. The Hall–Kier alpha value is -0.603. The fraction of sp³-hybridized carbons (Fsp3) is 0.867. The molecule has 0 aromatic carbocycles. The number of ether oxygens (including phenoxy) is 1. The van der Waals surface area contributed by atoms with Gasteiger partial charge in [-0.1, -0.05) is 20.3 Å². The number of aliphatic hydroxyl groups is 2. The van der Waals surface area contributed by atoms with Crippen LogP contribution in [0.1, 0.15) is 41.0 Å². The molecular formula is C15H39N3O6S2Si. The number of morpholine rings is 1. The smallest absolute Gasteiger partial charge is 0.484 e. The van der Waals surface area contributed by atoms with Gasteiger partial charge in [0.15, 0.2) is 0 Å². The molecule has 27 heavy (non-hydrogen) atoms. The first-order valence-corrected chi connectivity index (χ1v) is 11.1. The van der Waals surface area contributed by atoms with Crippen LogP contribution in [0.2, 0.25) is 0 Å². The monoisotopic (exact) mass is 449 g/mol. The van der Waals surface area contributed by atoms with Crippen molar-refractivity contribution in [2.45, 2.75) is 41.0 Å². The largest absolute Gasteiger partial charge is 0.487 e. The average molecular weight is 450 g/mol. The fourth-order valence-electron chi connectivity index (χ4n) is 1.07. The van der Waals surface area contributed by atoms with E-state index in [1.165, 1.54) is 6.42 Å². The molecule has 1 fully saturated rings. The van der Waals surface area contributed by atoms with Crippen LogP contribution in [-0.2, 0) is 18.0 Å². The quantitative estimate of drug-likeness (QED) is 0.297. The molecule has 0 saturated carbocycles. The summed E-state index contributed by atoms with van der Waals surface area (Å²) in [7, 11) is -1.73. The van der Waals surface area contributed by atoms with Crippen molar-refractivity contribution in [1.29, 1.82) is 0 Å². The molecule has 1 aliphatic heterocycles. The SMILES string of the molecule is C1COCCN1.CCC.CCO[SiH](OCC)OCC.NC(O)=S.NC(O)=S. The van der Waals surface area contributed by atoms with Gasteiger partial charge in [0.05, 0.1) is 13.2 Å². The normalized spacial score (nSPS) is 11.8. The Morgan fingerprint density at radius 1 is 0.889 bits per heavy atom. The average Bonchev–Trinajstić information content (AvgIpc) is 2.57. The first-order chi connectivity index (χ1) is 12.7. The second-order valence-electron chi connectivity index (χ2n) is 4.40. The van der Waals surface area contributed by atoms with Crippen molar-refractivity contribution >= 4 is 44.3 Å². The van der Waals surface area contributed by atoms with E-state index < -0.39 is 19.9 Å². The fourth-order valence-corrected chi connectivity index (χ4v) is 2.17. The molecule has 0 aromatic heterocycles. The number of hydrogen-bond donors (Lipinski definition) is 5. The first kappa shape index (κ1) is 33.9. The second kappa shape index (κ2) is 33.0. The Kier molecular flexibility index (Phi) is 41.5. The Morgan fingerprint density at radius 2 is 1.15 bits per heavy atom. The number of hydrogen-bond acceptors (Lipinski definition) is 7. The third-order valence-electron chi connectivity index (χ3n) is 1.75. The van der Waals surface area contributed by atoms with Gasteiger partial charge < -0.3 is 45.0 Å². The maximum atomic E-state index is 7.56. The van der Waals surface area contributed by atoms with Crippen LogP contribution in [0.3, 0.4) is 0 Å². The minimum absolute atomic E-state index is 0.500. The van der Waals surface area contributed by atoms with Crippen LogP contribution in [0.5, 0.6) is 0 Å². The highest BCUT2D eigenvalue weighted by molar-refractivity contribution is 7.80. The molecule has 1 saturated heterocycles. The molecule has 1 heterocycles. The lowest BCUT2D eigenvalue weighted by molar-refractivity contribution is 0.107. The van der Waals surface area contributed by atoms with Crippen LogP contribution in [0.15, 0.2) is 0 Å².